The third-order valence-corrected chi connectivity index (χ3v) is 26.2. The number of rotatable bonds is 26. The fourth-order valence-corrected chi connectivity index (χ4v) is 16.0. The molecular weight excluding hydrogens is 1930 g/mol. The van der Waals surface area contributed by atoms with Crippen LogP contribution >= 0.6 is 113 Å². The molecule has 1 aliphatic carbocycles. The summed E-state index contributed by atoms with van der Waals surface area (Å²) in [5.41, 5.74) is 20.9. The lowest BCUT2D eigenvalue weighted by Gasteiger charge is -2.15. The van der Waals surface area contributed by atoms with Crippen LogP contribution in [-0.4, -0.2) is 66.5 Å². The number of aryl methyl sites for hydroxylation is 13. The van der Waals surface area contributed by atoms with Crippen molar-refractivity contribution in [2.45, 2.75) is 169 Å². The number of carbonyl (C=O) groups is 6. The lowest BCUT2D eigenvalue weighted by molar-refractivity contribution is 0.0683. The van der Waals surface area contributed by atoms with Gasteiger partial charge in [-0.2, -0.15) is 0 Å². The molecule has 0 atom stereocenters. The van der Waals surface area contributed by atoms with Crippen LogP contribution in [0, 0.1) is 96.9 Å². The van der Waals surface area contributed by atoms with E-state index in [0.29, 0.717) is 113 Å². The Kier molecular flexibility index (Phi) is 39.0. The van der Waals surface area contributed by atoms with Crippen LogP contribution < -0.4 is 28.4 Å². The number of hydrogen-bond acceptors (Lipinski definition) is 12. The third-order valence-electron chi connectivity index (χ3n) is 21.5. The van der Waals surface area contributed by atoms with Gasteiger partial charge in [0, 0.05) is 83.0 Å². The van der Waals surface area contributed by atoms with Crippen LogP contribution in [0.25, 0.3) is 0 Å². The van der Waals surface area contributed by atoms with E-state index >= 15 is 0 Å². The van der Waals surface area contributed by atoms with Crippen LogP contribution in [0.2, 0.25) is 35.2 Å². The minimum atomic E-state index is -1.04. The predicted octanol–water partition coefficient (Wildman–Crippen LogP) is 29.6. The normalized spacial score (nSPS) is 11.1. The molecule has 12 aromatic carbocycles. The Hall–Kier alpha value is -10.8. The summed E-state index contributed by atoms with van der Waals surface area (Å²) in [5.74, 6) is -1.35. The fraction of sp³-hybridized carbons (Fsp3) is 0.243. The van der Waals surface area contributed by atoms with Gasteiger partial charge in [-0.3, -0.25) is 0 Å². The molecular formula is C103H99Br2Cl7O18. The first kappa shape index (κ1) is 105. The molecule has 0 saturated heterocycles. The van der Waals surface area contributed by atoms with E-state index in [1.165, 1.54) is 6.07 Å². The summed E-state index contributed by atoms with van der Waals surface area (Å²) >= 11 is 49.7. The summed E-state index contributed by atoms with van der Waals surface area (Å²) < 4.78 is 36.4. The monoisotopic (exact) mass is 2030 g/mol. The molecule has 18 nitrogen and oxygen atoms in total. The van der Waals surface area contributed by atoms with Gasteiger partial charge in [0.05, 0.1) is 33.4 Å². The van der Waals surface area contributed by atoms with Crippen LogP contribution in [0.5, 0.6) is 34.5 Å². The second-order valence-corrected chi connectivity index (χ2v) is 35.5. The molecule has 0 aromatic heterocycles. The van der Waals surface area contributed by atoms with E-state index in [1.807, 2.05) is 165 Å². The van der Waals surface area contributed by atoms with Crippen molar-refractivity contribution in [1.29, 1.82) is 0 Å². The second-order valence-electron chi connectivity index (χ2n) is 31.0. The van der Waals surface area contributed by atoms with E-state index in [1.54, 1.807) is 109 Å². The highest BCUT2D eigenvalue weighted by Gasteiger charge is 2.29. The van der Waals surface area contributed by atoms with E-state index in [4.69, 9.17) is 110 Å². The molecule has 682 valence electrons. The average Bonchev–Trinajstić information content (AvgIpc) is 1.66. The molecule has 1 fully saturated rings. The van der Waals surface area contributed by atoms with Crippen LogP contribution in [0.4, 0.5) is 0 Å². The van der Waals surface area contributed by atoms with Gasteiger partial charge >= 0.3 is 35.8 Å². The maximum atomic E-state index is 11.5. The summed E-state index contributed by atoms with van der Waals surface area (Å²) in [5, 5.41) is 59.9. The molecule has 27 heteroatoms. The molecule has 0 bridgehead atoms. The van der Waals surface area contributed by atoms with Gasteiger partial charge in [0.25, 0.3) is 0 Å². The van der Waals surface area contributed by atoms with Gasteiger partial charge in [-0.25, -0.2) is 28.8 Å². The zero-order chi connectivity index (χ0) is 96.0. The van der Waals surface area contributed by atoms with Crippen molar-refractivity contribution in [3.63, 3.8) is 0 Å². The lowest BCUT2D eigenvalue weighted by Crippen LogP contribution is -2.09. The molecule has 130 heavy (non-hydrogen) atoms. The summed E-state index contributed by atoms with van der Waals surface area (Å²) in [6.45, 7) is 30.0. The van der Waals surface area contributed by atoms with Gasteiger partial charge in [0.15, 0.2) is 0 Å². The van der Waals surface area contributed by atoms with Crippen LogP contribution in [0.3, 0.4) is 0 Å². The lowest BCUT2D eigenvalue weighted by atomic mass is 9.98. The molecule has 0 amide bonds. The summed E-state index contributed by atoms with van der Waals surface area (Å²) in [7, 11) is 0. The number of hydrogen-bond donors (Lipinski definition) is 6. The largest absolute Gasteiger partial charge is 0.489 e. The first-order valence-corrected chi connectivity index (χ1v) is 45.1. The van der Waals surface area contributed by atoms with Crippen molar-refractivity contribution in [2.75, 3.05) is 0 Å². The molecule has 0 radical (unpaired) electrons. The summed E-state index contributed by atoms with van der Waals surface area (Å²) in [6.07, 6.45) is 2.99. The Morgan fingerprint density at radius 2 is 0.554 bits per heavy atom. The molecule has 1 aliphatic rings. The van der Waals surface area contributed by atoms with Gasteiger partial charge in [0.2, 0.25) is 0 Å². The number of halogens is 9. The van der Waals surface area contributed by atoms with Crippen molar-refractivity contribution in [2.24, 2.45) is 0 Å². The molecule has 12 aromatic rings. The number of aromatic carboxylic acids is 6. The highest BCUT2D eigenvalue weighted by atomic mass is 79.9. The van der Waals surface area contributed by atoms with Gasteiger partial charge in [-0.1, -0.05) is 211 Å². The van der Waals surface area contributed by atoms with Crippen LogP contribution in [-0.2, 0) is 46.1 Å². The Balaban J connectivity index is 0.000000193. The highest BCUT2D eigenvalue weighted by molar-refractivity contribution is 9.10. The topological polar surface area (TPSA) is 279 Å². The molecule has 0 spiro atoms. The van der Waals surface area contributed by atoms with Crippen molar-refractivity contribution >= 4 is 149 Å². The van der Waals surface area contributed by atoms with E-state index in [0.717, 1.165) is 118 Å². The summed E-state index contributed by atoms with van der Waals surface area (Å²) in [4.78, 5) is 68.0. The maximum absolute atomic E-state index is 11.5. The van der Waals surface area contributed by atoms with E-state index in [-0.39, 0.29) is 67.5 Å². The number of ether oxygens (including phenoxy) is 6. The average molecular weight is 2030 g/mol. The van der Waals surface area contributed by atoms with Gasteiger partial charge < -0.3 is 59.1 Å². The maximum Gasteiger partial charge on any atom is 0.336 e. The molecule has 0 aliphatic heterocycles. The van der Waals surface area contributed by atoms with Crippen molar-refractivity contribution in [1.82, 2.24) is 0 Å². The van der Waals surface area contributed by atoms with Crippen LogP contribution in [0.1, 0.15) is 210 Å². The third kappa shape index (κ3) is 28.4. The molecule has 0 heterocycles. The van der Waals surface area contributed by atoms with E-state index in [2.05, 4.69) is 31.9 Å². The fourth-order valence-electron chi connectivity index (χ4n) is 13.8. The number of carboxylic acid groups (broad SMARTS) is 6. The smallest absolute Gasteiger partial charge is 0.336 e. The van der Waals surface area contributed by atoms with Crippen molar-refractivity contribution in [3.05, 3.63) is 376 Å². The highest BCUT2D eigenvalue weighted by Crippen LogP contribution is 2.44. The van der Waals surface area contributed by atoms with E-state index in [9.17, 15) is 59.4 Å². The molecule has 13 rings (SSSR count). The Bertz CT molecular complexity index is 5940. The van der Waals surface area contributed by atoms with Crippen LogP contribution in [0.15, 0.2) is 185 Å². The minimum Gasteiger partial charge on any atom is -0.489 e. The zero-order valence-corrected chi connectivity index (χ0v) is 82.6. The van der Waals surface area contributed by atoms with E-state index < -0.39 is 35.8 Å². The molecule has 0 unspecified atom stereocenters. The minimum absolute atomic E-state index is 0.0496. The summed E-state index contributed by atoms with van der Waals surface area (Å²) in [6, 6.07) is 51.3. The second kappa shape index (κ2) is 48.4. The quantitative estimate of drug-likeness (QED) is 0.0294. The SMILES string of the molecule is CCc1cccc(C(=O)O)c1COc1cc(Cl)c(C)cc1C.Cc1c(Cl)cc(OCc2c(Cl)cccc2C(=O)O)c(C)c1Br.Cc1cc(C)c(OCc2c(Br)cccc2C(=O)O)cc1Cl.Cc1cc(C)c(OCc2c(C(=O)O)cccc2C2CC2)cc1Cl.Cc1cc(C)c(OCc2c(C)cccc2C(=O)O)cc1Cl.Cc1cc(C)c(OCc2c(C)cccc2C(=O)O)cc1Cl. The van der Waals surface area contributed by atoms with Crippen molar-refractivity contribution < 1.29 is 87.8 Å². The van der Waals surface area contributed by atoms with Crippen molar-refractivity contribution in [3.8, 4) is 34.5 Å². The number of carboxylic acids is 6. The molecule has 6 N–H and O–H groups in total. The Labute approximate surface area is 809 Å². The molecule has 1 saturated carbocycles. The Morgan fingerprint density at radius 3 is 0.908 bits per heavy atom. The van der Waals surface area contributed by atoms with Gasteiger partial charge in [-0.15, -0.1) is 0 Å². The first-order valence-electron chi connectivity index (χ1n) is 40.8. The first-order chi connectivity index (χ1) is 61.4. The Morgan fingerprint density at radius 1 is 0.285 bits per heavy atom. The van der Waals surface area contributed by atoms with Gasteiger partial charge in [0.1, 0.15) is 74.1 Å². The standard InChI is InChI=1S/C19H19ClO3.C18H19ClO3.2C17H17ClO3.C16H13BrCl2O3.C16H14BrClO3/c1-11-8-12(2)18(9-17(11)20)23-10-16-14(13-6-7-13)4-3-5-15(16)19(21)22;1-4-13-6-5-7-14(18(20)21)15(13)10-22-17-9-16(19)11(2)8-12(17)3;2*1-10-5-4-6-13(17(19)20)14(10)9-21-16-8-15(18)11(2)7-12(16)3;1-8-13(19)6-14(9(2)15(8)17)22-7-11-10(16(20)21)4-3-5-12(11)18;1-9-6-10(2)15(7-14(9)18)21-8-12-11(16(19)20)4-3-5-13(12)17/h3-5,8-9,13H,6-7,10H2,1-2H3,(H,21,22);5-9H,4,10H2,1-3H3,(H,20,21);2*4-8H,9H2,1-3H3,(H,19,20);3-6H,7H2,1-2H3,(H,20,21);3-7H,8H2,1-2H3,(H,19,20). The number of benzene rings is 12. The zero-order valence-electron chi connectivity index (χ0n) is 74.2. The predicted molar refractivity (Wildman–Crippen MR) is 523 cm³/mol. The van der Waals surface area contributed by atoms with Gasteiger partial charge in [-0.05, 0) is 290 Å².